The van der Waals surface area contributed by atoms with Crippen LogP contribution in [-0.4, -0.2) is 41.5 Å². The van der Waals surface area contributed by atoms with Crippen molar-refractivity contribution in [3.63, 3.8) is 0 Å². The molecule has 6 nitrogen and oxygen atoms in total. The van der Waals surface area contributed by atoms with Crippen LogP contribution in [0.2, 0.25) is 0 Å². The molecule has 6 fully saturated rings. The number of fused-ring (bicyclic) bond motifs is 7. The van der Waals surface area contributed by atoms with Crippen LogP contribution in [0.15, 0.2) is 0 Å². The van der Waals surface area contributed by atoms with E-state index in [9.17, 15) is 9.59 Å². The highest BCUT2D eigenvalue weighted by Gasteiger charge is 2.69. The molecule has 0 aromatic heterocycles. The zero-order chi connectivity index (χ0) is 25.5. The Labute approximate surface area is 216 Å². The van der Waals surface area contributed by atoms with E-state index in [0.717, 1.165) is 50.0 Å². The lowest BCUT2D eigenvalue weighted by atomic mass is 9.44. The quantitative estimate of drug-likeness (QED) is 0.506. The third kappa shape index (κ3) is 3.71. The number of hydrogen-bond donors (Lipinski definition) is 2. The third-order valence-electron chi connectivity index (χ3n) is 12.6. The predicted molar refractivity (Wildman–Crippen MR) is 136 cm³/mol. The first-order valence-electron chi connectivity index (χ1n) is 14.9. The summed E-state index contributed by atoms with van der Waals surface area (Å²) in [4.78, 5) is 23.0. The summed E-state index contributed by atoms with van der Waals surface area (Å²) >= 11 is 0. The molecule has 202 valence electrons. The zero-order valence-electron chi connectivity index (χ0n) is 22.8. The van der Waals surface area contributed by atoms with E-state index in [1.165, 1.54) is 38.5 Å². The molecular formula is C30H47NO5. The van der Waals surface area contributed by atoms with E-state index in [2.05, 4.69) is 33.0 Å². The minimum atomic E-state index is -1.05. The molecule has 4 saturated carbocycles. The van der Waals surface area contributed by atoms with Gasteiger partial charge in [-0.2, -0.15) is 0 Å². The molecule has 6 heteroatoms. The van der Waals surface area contributed by atoms with Crippen molar-refractivity contribution in [2.24, 2.45) is 52.3 Å². The first kappa shape index (κ1) is 25.2. The summed E-state index contributed by atoms with van der Waals surface area (Å²) in [6.07, 6.45) is 11.7. The Hall–Kier alpha value is -1.14. The molecule has 6 rings (SSSR count). The average molecular weight is 502 g/mol. The molecule has 2 saturated heterocycles. The van der Waals surface area contributed by atoms with Crippen LogP contribution in [0, 0.1) is 52.3 Å². The second-order valence-corrected chi connectivity index (χ2v) is 14.3. The fourth-order valence-electron chi connectivity index (χ4n) is 10.8. The van der Waals surface area contributed by atoms with Gasteiger partial charge in [-0.25, -0.2) is 0 Å². The van der Waals surface area contributed by atoms with E-state index < -0.39 is 12.4 Å². The fourth-order valence-corrected chi connectivity index (χ4v) is 10.8. The highest BCUT2D eigenvalue weighted by atomic mass is 16.7. The minimum Gasteiger partial charge on any atom is -0.481 e. The number of hydrogen-bond acceptors (Lipinski definition) is 4. The number of ether oxygens (including phenoxy) is 2. The van der Waals surface area contributed by atoms with Crippen molar-refractivity contribution in [3.8, 4) is 0 Å². The van der Waals surface area contributed by atoms with E-state index in [0.29, 0.717) is 40.6 Å². The van der Waals surface area contributed by atoms with Gasteiger partial charge in [-0.15, -0.1) is 0 Å². The number of amides is 1. The highest BCUT2D eigenvalue weighted by Crippen LogP contribution is 2.71. The van der Waals surface area contributed by atoms with Crippen molar-refractivity contribution in [2.45, 2.75) is 116 Å². The summed E-state index contributed by atoms with van der Waals surface area (Å²) < 4.78 is 13.4. The van der Waals surface area contributed by atoms with Gasteiger partial charge in [0, 0.05) is 18.4 Å². The zero-order valence-corrected chi connectivity index (χ0v) is 22.8. The molecule has 0 aromatic carbocycles. The largest absolute Gasteiger partial charge is 0.481 e. The maximum Gasteiger partial charge on any atom is 0.312 e. The molecule has 2 heterocycles. The third-order valence-corrected chi connectivity index (χ3v) is 12.6. The van der Waals surface area contributed by atoms with Gasteiger partial charge >= 0.3 is 5.97 Å². The smallest absolute Gasteiger partial charge is 0.312 e. The molecule has 4 aliphatic carbocycles. The van der Waals surface area contributed by atoms with Gasteiger partial charge in [-0.3, -0.25) is 9.59 Å². The summed E-state index contributed by atoms with van der Waals surface area (Å²) in [6, 6.07) is 0.134. The molecule has 1 spiro atoms. The van der Waals surface area contributed by atoms with E-state index in [4.69, 9.17) is 14.6 Å². The number of rotatable bonds is 3. The van der Waals surface area contributed by atoms with Crippen molar-refractivity contribution >= 4 is 11.9 Å². The Morgan fingerprint density at radius 2 is 1.72 bits per heavy atom. The van der Waals surface area contributed by atoms with Gasteiger partial charge in [0.05, 0.1) is 12.7 Å². The van der Waals surface area contributed by atoms with E-state index >= 15 is 0 Å². The predicted octanol–water partition coefficient (Wildman–Crippen LogP) is 5.39. The van der Waals surface area contributed by atoms with E-state index in [1.807, 2.05) is 0 Å². The fraction of sp³-hybridized carbons (Fsp3) is 0.933. The van der Waals surface area contributed by atoms with Crippen molar-refractivity contribution in [2.75, 3.05) is 6.61 Å². The highest BCUT2D eigenvalue weighted by molar-refractivity contribution is 5.93. The van der Waals surface area contributed by atoms with Crippen LogP contribution in [0.25, 0.3) is 0 Å². The maximum absolute atomic E-state index is 12.1. The Bertz CT molecular complexity index is 898. The maximum atomic E-state index is 12.1. The van der Waals surface area contributed by atoms with Gasteiger partial charge in [0.15, 0.2) is 5.79 Å². The van der Waals surface area contributed by atoms with Gasteiger partial charge in [-0.05, 0) is 104 Å². The summed E-state index contributed by atoms with van der Waals surface area (Å²) in [5.41, 5.74) is 0.693. The SMILES string of the molecule is C[C@H]1CC[C@@]2(OC1)O[C@H]1C[C@H]3[C@@H]4CC[C@@H]5C[C@@H](NC(=O)CC(=O)O)CC[C@]5(C)C4CC[C@]3(C)[C@H]1[C@@H]2C. The van der Waals surface area contributed by atoms with E-state index in [-0.39, 0.29) is 17.7 Å². The van der Waals surface area contributed by atoms with E-state index in [1.54, 1.807) is 0 Å². The van der Waals surface area contributed by atoms with Crippen molar-refractivity contribution in [1.29, 1.82) is 0 Å². The van der Waals surface area contributed by atoms with Crippen LogP contribution < -0.4 is 5.32 Å². The molecule has 2 aliphatic heterocycles. The van der Waals surface area contributed by atoms with Gasteiger partial charge in [0.2, 0.25) is 5.91 Å². The van der Waals surface area contributed by atoms with Crippen LogP contribution in [0.3, 0.4) is 0 Å². The van der Waals surface area contributed by atoms with Gasteiger partial charge in [0.25, 0.3) is 0 Å². The number of carboxylic acids is 1. The lowest BCUT2D eigenvalue weighted by Crippen LogP contribution is -2.56. The molecule has 1 amide bonds. The van der Waals surface area contributed by atoms with Crippen molar-refractivity contribution in [1.82, 2.24) is 5.32 Å². The summed E-state index contributed by atoms with van der Waals surface area (Å²) in [5, 5.41) is 12.0. The number of carboxylic acid groups (broad SMARTS) is 1. The number of nitrogens with one attached hydrogen (secondary N) is 1. The Morgan fingerprint density at radius 1 is 0.944 bits per heavy atom. The monoisotopic (exact) mass is 501 g/mol. The van der Waals surface area contributed by atoms with Gasteiger partial charge < -0.3 is 19.9 Å². The Morgan fingerprint density at radius 3 is 2.44 bits per heavy atom. The number of aliphatic carboxylic acids is 1. The van der Waals surface area contributed by atoms with Crippen molar-refractivity contribution in [3.05, 3.63) is 0 Å². The first-order valence-corrected chi connectivity index (χ1v) is 14.9. The molecule has 2 N–H and O–H groups in total. The molecule has 0 bridgehead atoms. The van der Waals surface area contributed by atoms with Crippen LogP contribution in [0.5, 0.6) is 0 Å². The molecule has 12 atom stereocenters. The molecule has 36 heavy (non-hydrogen) atoms. The average Bonchev–Trinajstić information content (AvgIpc) is 3.26. The molecule has 6 aliphatic rings. The Balaban J connectivity index is 1.16. The van der Waals surface area contributed by atoms with Crippen molar-refractivity contribution < 1.29 is 24.2 Å². The molecule has 0 radical (unpaired) electrons. The second-order valence-electron chi connectivity index (χ2n) is 14.3. The van der Waals surface area contributed by atoms with Crippen LogP contribution >= 0.6 is 0 Å². The summed E-state index contributed by atoms with van der Waals surface area (Å²) in [5.74, 6) is 2.94. The lowest BCUT2D eigenvalue weighted by Gasteiger charge is -2.61. The van der Waals surface area contributed by atoms with Gasteiger partial charge in [0.1, 0.15) is 6.42 Å². The molecule has 1 unspecified atom stereocenters. The summed E-state index contributed by atoms with van der Waals surface area (Å²) in [7, 11) is 0. The number of carbonyl (C=O) groups is 2. The van der Waals surface area contributed by atoms with Crippen LogP contribution in [0.4, 0.5) is 0 Å². The number of carbonyl (C=O) groups excluding carboxylic acids is 1. The molecular weight excluding hydrogens is 454 g/mol. The van der Waals surface area contributed by atoms with Gasteiger partial charge in [-0.1, -0.05) is 27.7 Å². The standard InChI is InChI=1S/C30H47NO5/c1-17-7-12-30(35-16-17)18(2)27-24(36-30)14-23-21-6-5-19-13-20(31-25(32)15-26(33)34)8-10-28(19,3)22(21)9-11-29(23,27)4/h17-24,27H,5-16H2,1-4H3,(H,31,32)(H,33,34)/t17-,18-,19+,20-,21+,22?,23-,24-,27-,28-,29-,30+/m0/s1. The van der Waals surface area contributed by atoms with Crippen LogP contribution in [0.1, 0.15) is 98.3 Å². The summed E-state index contributed by atoms with van der Waals surface area (Å²) in [6.45, 7) is 10.7. The second kappa shape index (κ2) is 8.69. The minimum absolute atomic E-state index is 0.134. The topological polar surface area (TPSA) is 84.9 Å². The first-order chi connectivity index (χ1) is 17.1. The van der Waals surface area contributed by atoms with Crippen LogP contribution in [-0.2, 0) is 19.1 Å². The Kier molecular flexibility index (Phi) is 6.07. The molecule has 0 aromatic rings. The lowest BCUT2D eigenvalue weighted by molar-refractivity contribution is -0.273. The normalized spacial score (nSPS) is 53.7.